The van der Waals surface area contributed by atoms with Gasteiger partial charge in [-0.1, -0.05) is 0 Å². The Morgan fingerprint density at radius 3 is 2.73 bits per heavy atom. The van der Waals surface area contributed by atoms with Gasteiger partial charge in [-0.05, 0) is 6.92 Å². The largest absolute Gasteiger partial charge is 0.759 e. The van der Waals surface area contributed by atoms with Crippen LogP contribution in [-0.2, 0) is 13.9 Å². The molecule has 0 aliphatic heterocycles. The maximum Gasteiger partial charge on any atom is 0.337 e. The fourth-order valence-electron chi connectivity index (χ4n) is 0.461. The summed E-state index contributed by atoms with van der Waals surface area (Å²) in [6.07, 6.45) is -0.787. The van der Waals surface area contributed by atoms with Crippen molar-refractivity contribution >= 4 is 13.5 Å². The molecule has 0 radical (unpaired) electrons. The Bertz CT molecular complexity index is 181. The molecule has 66 valence electrons. The molecule has 0 heterocycles. The summed E-state index contributed by atoms with van der Waals surface area (Å²) in [5.74, 6) is -1.05. The van der Waals surface area contributed by atoms with Crippen LogP contribution in [0, 0.1) is 5.21 Å². The van der Waals surface area contributed by atoms with Crippen molar-refractivity contribution in [3.05, 3.63) is 5.21 Å². The average Bonchev–Trinajstić information content (AvgIpc) is 1.86. The summed E-state index contributed by atoms with van der Waals surface area (Å²) in [7, 11) is -3.88. The number of hydrogen-bond acceptors (Lipinski definition) is 4. The molecule has 0 spiro atoms. The highest BCUT2D eigenvalue weighted by molar-refractivity contribution is 7.53. The molecule has 1 atom stereocenters. The standard InChI is InChI=1S/C4H9NO5P/c1-2-10-11(8,9)3-4(6)5-7/h2-3H2,1H3,(H2-,5,6,7,8,9)/q-1. The lowest BCUT2D eigenvalue weighted by Crippen LogP contribution is -2.20. The van der Waals surface area contributed by atoms with Gasteiger partial charge in [-0.3, -0.25) is 9.36 Å². The molecule has 0 aromatic rings. The van der Waals surface area contributed by atoms with Crippen molar-refractivity contribution < 1.29 is 18.8 Å². The zero-order chi connectivity index (χ0) is 8.91. The van der Waals surface area contributed by atoms with Gasteiger partial charge in [0.2, 0.25) is 5.91 Å². The molecule has 6 nitrogen and oxygen atoms in total. The van der Waals surface area contributed by atoms with Gasteiger partial charge in [0.1, 0.15) is 6.16 Å². The highest BCUT2D eigenvalue weighted by Crippen LogP contribution is 2.40. The lowest BCUT2D eigenvalue weighted by atomic mass is 10.8. The Balaban J connectivity index is 3.91. The van der Waals surface area contributed by atoms with Gasteiger partial charge in [0.05, 0.1) is 6.61 Å². The summed E-state index contributed by atoms with van der Waals surface area (Å²) in [5, 5.41) is 9.62. The van der Waals surface area contributed by atoms with Crippen LogP contribution >= 0.6 is 7.60 Å². The van der Waals surface area contributed by atoms with Crippen molar-refractivity contribution in [3.8, 4) is 0 Å². The van der Waals surface area contributed by atoms with Crippen LogP contribution in [0.1, 0.15) is 6.92 Å². The molecule has 0 aliphatic carbocycles. The maximum atomic E-state index is 10.7. The van der Waals surface area contributed by atoms with Crippen molar-refractivity contribution in [1.29, 1.82) is 0 Å². The topological polar surface area (TPSA) is 98.7 Å². The fraction of sp³-hybridized carbons (Fsp3) is 0.750. The van der Waals surface area contributed by atoms with E-state index < -0.39 is 19.7 Å². The summed E-state index contributed by atoms with van der Waals surface area (Å²) in [6, 6.07) is 0. The monoisotopic (exact) mass is 182 g/mol. The molecule has 0 bridgehead atoms. The molecular weight excluding hydrogens is 173 g/mol. The van der Waals surface area contributed by atoms with Gasteiger partial charge in [-0.15, -0.1) is 0 Å². The minimum Gasteiger partial charge on any atom is -0.759 e. The predicted molar refractivity (Wildman–Crippen MR) is 37.8 cm³/mol. The van der Waals surface area contributed by atoms with Gasteiger partial charge in [-0.2, -0.15) is 0 Å². The molecule has 0 aromatic carbocycles. The third kappa shape index (κ3) is 4.92. The third-order valence-corrected chi connectivity index (χ3v) is 2.14. The van der Waals surface area contributed by atoms with Gasteiger partial charge in [-0.25, -0.2) is 0 Å². The molecular formula is C4H9NO5P-. The van der Waals surface area contributed by atoms with E-state index in [0.29, 0.717) is 0 Å². The van der Waals surface area contributed by atoms with E-state index in [9.17, 15) is 14.6 Å². The second kappa shape index (κ2) is 4.46. The van der Waals surface area contributed by atoms with E-state index in [1.165, 1.54) is 6.92 Å². The van der Waals surface area contributed by atoms with Gasteiger partial charge in [0, 0.05) is 0 Å². The van der Waals surface area contributed by atoms with E-state index in [2.05, 4.69) is 4.52 Å². The lowest BCUT2D eigenvalue weighted by Gasteiger charge is -2.11. The first-order chi connectivity index (χ1) is 5.02. The minimum absolute atomic E-state index is 0.0277. The van der Waals surface area contributed by atoms with E-state index in [4.69, 9.17) is 4.89 Å². The normalized spacial score (nSPS) is 15.5. The number of carbonyl (C=O) groups excluding carboxylic acids is 1. The SMILES string of the molecule is CCOP(=O)(O)CC(=O)N[O-]. The van der Waals surface area contributed by atoms with Crippen LogP contribution in [-0.4, -0.2) is 23.6 Å². The zero-order valence-electron chi connectivity index (χ0n) is 5.94. The number of nitrogens with one attached hydrogen (secondary N) is 1. The second-order valence-corrected chi connectivity index (χ2v) is 3.59. The van der Waals surface area contributed by atoms with Crippen LogP contribution in [0.15, 0.2) is 0 Å². The number of rotatable bonds is 4. The second-order valence-electron chi connectivity index (χ2n) is 1.74. The molecule has 0 saturated carbocycles. The van der Waals surface area contributed by atoms with E-state index in [-0.39, 0.29) is 6.61 Å². The molecule has 0 aliphatic rings. The van der Waals surface area contributed by atoms with Crippen molar-refractivity contribution in [3.63, 3.8) is 0 Å². The molecule has 0 saturated heterocycles. The minimum atomic E-state index is -3.88. The number of carbonyl (C=O) groups is 1. The Morgan fingerprint density at radius 2 is 2.36 bits per heavy atom. The summed E-state index contributed by atoms with van der Waals surface area (Å²) < 4.78 is 15.0. The molecule has 11 heavy (non-hydrogen) atoms. The Morgan fingerprint density at radius 1 is 1.82 bits per heavy atom. The van der Waals surface area contributed by atoms with Crippen LogP contribution in [0.3, 0.4) is 0 Å². The smallest absolute Gasteiger partial charge is 0.337 e. The summed E-state index contributed by atoms with van der Waals surface area (Å²) in [4.78, 5) is 19.0. The van der Waals surface area contributed by atoms with Crippen molar-refractivity contribution in [2.75, 3.05) is 12.8 Å². The highest BCUT2D eigenvalue weighted by atomic mass is 31.2. The first kappa shape index (κ1) is 10.6. The summed E-state index contributed by atoms with van der Waals surface area (Å²) in [5.41, 5.74) is 0.978. The highest BCUT2D eigenvalue weighted by Gasteiger charge is 2.21. The zero-order valence-corrected chi connectivity index (χ0v) is 6.84. The maximum absolute atomic E-state index is 10.7. The van der Waals surface area contributed by atoms with Gasteiger partial charge < -0.3 is 20.1 Å². The number of hydrogen-bond donors (Lipinski definition) is 2. The average molecular weight is 182 g/mol. The fourth-order valence-corrected chi connectivity index (χ4v) is 1.38. The quantitative estimate of drug-likeness (QED) is 0.464. The molecule has 2 N–H and O–H groups in total. The Kier molecular flexibility index (Phi) is 4.29. The van der Waals surface area contributed by atoms with Crippen molar-refractivity contribution in [2.24, 2.45) is 0 Å². The van der Waals surface area contributed by atoms with E-state index >= 15 is 0 Å². The predicted octanol–water partition coefficient (Wildman–Crippen LogP) is -0.178. The van der Waals surface area contributed by atoms with Crippen molar-refractivity contribution in [2.45, 2.75) is 6.92 Å². The van der Waals surface area contributed by atoms with Gasteiger partial charge in [0.15, 0.2) is 0 Å². The van der Waals surface area contributed by atoms with Gasteiger partial charge >= 0.3 is 7.60 Å². The first-order valence-electron chi connectivity index (χ1n) is 2.89. The lowest BCUT2D eigenvalue weighted by molar-refractivity contribution is -0.117. The Hall–Kier alpha value is -0.420. The van der Waals surface area contributed by atoms with Crippen LogP contribution in [0.5, 0.6) is 0 Å². The van der Waals surface area contributed by atoms with Crippen LogP contribution in [0.4, 0.5) is 0 Å². The van der Waals surface area contributed by atoms with Gasteiger partial charge in [0.25, 0.3) is 0 Å². The van der Waals surface area contributed by atoms with Crippen LogP contribution in [0.25, 0.3) is 0 Å². The first-order valence-corrected chi connectivity index (χ1v) is 4.65. The van der Waals surface area contributed by atoms with Crippen molar-refractivity contribution in [1.82, 2.24) is 5.48 Å². The molecule has 0 fully saturated rings. The van der Waals surface area contributed by atoms with E-state index in [1.54, 1.807) is 0 Å². The van der Waals surface area contributed by atoms with E-state index in [0.717, 1.165) is 5.48 Å². The molecule has 1 amide bonds. The van der Waals surface area contributed by atoms with Crippen LogP contribution in [0.2, 0.25) is 0 Å². The van der Waals surface area contributed by atoms with E-state index in [1.807, 2.05) is 0 Å². The molecule has 1 unspecified atom stereocenters. The summed E-state index contributed by atoms with van der Waals surface area (Å²) in [6.45, 7) is 1.54. The molecule has 0 aromatic heterocycles. The number of hydroxylamine groups is 1. The third-order valence-electron chi connectivity index (χ3n) is 0.788. The number of amides is 1. The summed E-state index contributed by atoms with van der Waals surface area (Å²) >= 11 is 0. The Labute approximate surface area is 63.7 Å². The molecule has 7 heteroatoms. The molecule has 0 rings (SSSR count). The van der Waals surface area contributed by atoms with Crippen LogP contribution < -0.4 is 5.48 Å².